The molecule has 0 aromatic carbocycles. The SMILES string of the molecule is CC1C(C)C2CCC1C1C3CC(C(C)C3C)C21. The second-order valence-corrected chi connectivity index (χ2v) is 8.06. The molecule has 0 N–H and O–H groups in total. The molecule has 10 unspecified atom stereocenters. The van der Waals surface area contributed by atoms with Crippen LogP contribution in [0, 0.1) is 59.2 Å². The summed E-state index contributed by atoms with van der Waals surface area (Å²) in [5.74, 6) is 10.8. The number of hydrogen-bond donors (Lipinski definition) is 0. The normalized spacial score (nSPS) is 68.5. The van der Waals surface area contributed by atoms with E-state index in [1.54, 1.807) is 19.3 Å². The molecular weight excluding hydrogens is 204 g/mol. The molecule has 5 rings (SSSR count). The van der Waals surface area contributed by atoms with E-state index in [1.165, 1.54) is 0 Å². The second-order valence-electron chi connectivity index (χ2n) is 8.06. The molecule has 0 aromatic rings. The van der Waals surface area contributed by atoms with Gasteiger partial charge in [0, 0.05) is 0 Å². The van der Waals surface area contributed by atoms with Crippen LogP contribution in [0.1, 0.15) is 47.0 Å². The van der Waals surface area contributed by atoms with Gasteiger partial charge < -0.3 is 0 Å². The Morgan fingerprint density at radius 3 is 1.29 bits per heavy atom. The fourth-order valence-corrected chi connectivity index (χ4v) is 7.09. The summed E-state index contributed by atoms with van der Waals surface area (Å²) < 4.78 is 0. The quantitative estimate of drug-likeness (QED) is 0.579. The molecule has 0 spiro atoms. The monoisotopic (exact) mass is 232 g/mol. The Morgan fingerprint density at radius 1 is 0.529 bits per heavy atom. The van der Waals surface area contributed by atoms with E-state index < -0.39 is 0 Å². The molecule has 0 saturated heterocycles. The minimum Gasteiger partial charge on any atom is -0.0620 e. The van der Waals surface area contributed by atoms with Crippen LogP contribution in [0.2, 0.25) is 0 Å². The largest absolute Gasteiger partial charge is 0.0620 e. The van der Waals surface area contributed by atoms with Gasteiger partial charge >= 0.3 is 0 Å². The lowest BCUT2D eigenvalue weighted by atomic mass is 9.46. The topological polar surface area (TPSA) is 0 Å². The Balaban J connectivity index is 1.74. The van der Waals surface area contributed by atoms with Crippen molar-refractivity contribution in [3.8, 4) is 0 Å². The molecule has 0 aromatic heterocycles. The molecule has 0 heterocycles. The number of fused-ring (bicyclic) bond motifs is 4. The highest BCUT2D eigenvalue weighted by Crippen LogP contribution is 2.70. The first kappa shape index (κ1) is 10.9. The fraction of sp³-hybridized carbons (Fsp3) is 1.00. The first-order chi connectivity index (χ1) is 8.11. The third-order valence-corrected chi connectivity index (χ3v) is 8.16. The average molecular weight is 232 g/mol. The standard InChI is InChI=1S/C17H28/c1-8-9(2)13-6-5-12(8)16-14-7-15(17(13)16)11(4)10(14)3/h8-17H,5-7H2,1-4H3. The minimum atomic E-state index is 1.02. The highest BCUT2D eigenvalue weighted by atomic mass is 14.7. The third-order valence-electron chi connectivity index (χ3n) is 8.16. The van der Waals surface area contributed by atoms with Crippen LogP contribution in [0.3, 0.4) is 0 Å². The molecule has 4 bridgehead atoms. The molecule has 10 atom stereocenters. The van der Waals surface area contributed by atoms with E-state index >= 15 is 0 Å². The maximum atomic E-state index is 2.57. The van der Waals surface area contributed by atoms with Crippen molar-refractivity contribution in [1.82, 2.24) is 0 Å². The molecule has 5 fully saturated rings. The van der Waals surface area contributed by atoms with Gasteiger partial charge in [-0.05, 0) is 78.4 Å². The van der Waals surface area contributed by atoms with Crippen LogP contribution in [0.5, 0.6) is 0 Å². The molecule has 0 amide bonds. The predicted molar refractivity (Wildman–Crippen MR) is 71.4 cm³/mol. The lowest BCUT2D eigenvalue weighted by molar-refractivity contribution is -0.107. The van der Waals surface area contributed by atoms with Crippen LogP contribution in [0.25, 0.3) is 0 Å². The van der Waals surface area contributed by atoms with E-state index in [-0.39, 0.29) is 0 Å². The lowest BCUT2D eigenvalue weighted by Crippen LogP contribution is -2.53. The van der Waals surface area contributed by atoms with E-state index in [2.05, 4.69) is 27.7 Å². The van der Waals surface area contributed by atoms with E-state index in [1.807, 2.05) is 0 Å². The van der Waals surface area contributed by atoms with Crippen molar-refractivity contribution in [1.29, 1.82) is 0 Å². The Hall–Kier alpha value is 0. The van der Waals surface area contributed by atoms with Crippen molar-refractivity contribution in [3.05, 3.63) is 0 Å². The van der Waals surface area contributed by atoms with Crippen LogP contribution in [0.4, 0.5) is 0 Å². The summed E-state index contributed by atoms with van der Waals surface area (Å²) in [7, 11) is 0. The van der Waals surface area contributed by atoms with E-state index in [0.29, 0.717) is 0 Å². The zero-order valence-corrected chi connectivity index (χ0v) is 11.9. The van der Waals surface area contributed by atoms with Crippen molar-refractivity contribution < 1.29 is 0 Å². The highest BCUT2D eigenvalue weighted by molar-refractivity contribution is 5.12. The van der Waals surface area contributed by atoms with E-state index in [9.17, 15) is 0 Å². The molecule has 96 valence electrons. The summed E-state index contributed by atoms with van der Waals surface area (Å²) in [5.41, 5.74) is 0. The molecular formula is C17H28. The van der Waals surface area contributed by atoms with Gasteiger partial charge in [0.25, 0.3) is 0 Å². The van der Waals surface area contributed by atoms with Gasteiger partial charge in [0.1, 0.15) is 0 Å². The third kappa shape index (κ3) is 1.12. The Morgan fingerprint density at radius 2 is 0.882 bits per heavy atom. The molecule has 0 heteroatoms. The van der Waals surface area contributed by atoms with Gasteiger partial charge in [-0.25, -0.2) is 0 Å². The van der Waals surface area contributed by atoms with Gasteiger partial charge in [-0.1, -0.05) is 27.7 Å². The molecule has 5 saturated carbocycles. The molecule has 0 aliphatic heterocycles. The molecule has 5 aliphatic rings. The van der Waals surface area contributed by atoms with Gasteiger partial charge in [0.15, 0.2) is 0 Å². The van der Waals surface area contributed by atoms with Crippen LogP contribution >= 0.6 is 0 Å². The van der Waals surface area contributed by atoms with Gasteiger partial charge in [0.2, 0.25) is 0 Å². The molecule has 17 heavy (non-hydrogen) atoms. The van der Waals surface area contributed by atoms with Gasteiger partial charge in [-0.3, -0.25) is 0 Å². The summed E-state index contributed by atoms with van der Waals surface area (Å²) in [6.07, 6.45) is 4.74. The van der Waals surface area contributed by atoms with Crippen molar-refractivity contribution in [3.63, 3.8) is 0 Å². The zero-order valence-electron chi connectivity index (χ0n) is 11.9. The Bertz CT molecular complexity index is 301. The molecule has 0 radical (unpaired) electrons. The van der Waals surface area contributed by atoms with Crippen molar-refractivity contribution in [2.24, 2.45) is 59.2 Å². The van der Waals surface area contributed by atoms with E-state index in [4.69, 9.17) is 0 Å². The smallest absolute Gasteiger partial charge is 0.0318 e. The first-order valence-electron chi connectivity index (χ1n) is 8.11. The average Bonchev–Trinajstić information content (AvgIpc) is 2.84. The summed E-state index contributed by atoms with van der Waals surface area (Å²) in [6, 6.07) is 0. The summed E-state index contributed by atoms with van der Waals surface area (Å²) >= 11 is 0. The summed E-state index contributed by atoms with van der Waals surface area (Å²) in [4.78, 5) is 0. The van der Waals surface area contributed by atoms with Crippen molar-refractivity contribution >= 4 is 0 Å². The van der Waals surface area contributed by atoms with Crippen molar-refractivity contribution in [2.75, 3.05) is 0 Å². The summed E-state index contributed by atoms with van der Waals surface area (Å²) in [6.45, 7) is 10.2. The van der Waals surface area contributed by atoms with E-state index in [0.717, 1.165) is 59.2 Å². The van der Waals surface area contributed by atoms with Gasteiger partial charge in [0.05, 0.1) is 0 Å². The van der Waals surface area contributed by atoms with Gasteiger partial charge in [-0.15, -0.1) is 0 Å². The first-order valence-corrected chi connectivity index (χ1v) is 8.11. The maximum Gasteiger partial charge on any atom is -0.0318 e. The Kier molecular flexibility index (Phi) is 2.12. The Labute approximate surface area is 107 Å². The summed E-state index contributed by atoms with van der Waals surface area (Å²) in [5, 5.41) is 0. The van der Waals surface area contributed by atoms with Crippen LogP contribution in [0.15, 0.2) is 0 Å². The second kappa shape index (κ2) is 3.31. The molecule has 5 aliphatic carbocycles. The maximum absolute atomic E-state index is 2.57. The van der Waals surface area contributed by atoms with Gasteiger partial charge in [-0.2, -0.15) is 0 Å². The minimum absolute atomic E-state index is 1.02. The van der Waals surface area contributed by atoms with Crippen LogP contribution < -0.4 is 0 Å². The van der Waals surface area contributed by atoms with Crippen molar-refractivity contribution in [2.45, 2.75) is 47.0 Å². The predicted octanol–water partition coefficient (Wildman–Crippen LogP) is 4.45. The lowest BCUT2D eigenvalue weighted by Gasteiger charge is -2.59. The zero-order chi connectivity index (χ0) is 11.9. The van der Waals surface area contributed by atoms with Crippen LogP contribution in [-0.2, 0) is 0 Å². The van der Waals surface area contributed by atoms with Crippen LogP contribution in [-0.4, -0.2) is 0 Å². The number of rotatable bonds is 0. The fourth-order valence-electron chi connectivity index (χ4n) is 7.09. The highest BCUT2D eigenvalue weighted by Gasteiger charge is 2.64. The number of hydrogen-bond acceptors (Lipinski definition) is 0. The molecule has 0 nitrogen and oxygen atoms in total.